The number of aromatic hydroxyl groups is 5. The van der Waals surface area contributed by atoms with Gasteiger partial charge < -0.3 is 45.2 Å². The lowest BCUT2D eigenvalue weighted by molar-refractivity contribution is -0.160. The van der Waals surface area contributed by atoms with Crippen molar-refractivity contribution in [1.82, 2.24) is 0 Å². The molecule has 3 rings (SSSR count). The fourth-order valence-corrected chi connectivity index (χ4v) is 3.21. The van der Waals surface area contributed by atoms with E-state index in [1.807, 2.05) is 0 Å². The van der Waals surface area contributed by atoms with Crippen LogP contribution in [-0.2, 0) is 25.5 Å². The number of carboxylic acids is 2. The number of hydrogen-bond donors (Lipinski definition) is 7. The highest BCUT2D eigenvalue weighted by molar-refractivity contribution is 5.91. The molecule has 1 atom stereocenters. The summed E-state index contributed by atoms with van der Waals surface area (Å²) in [6.07, 6.45) is 1.16. The summed E-state index contributed by atoms with van der Waals surface area (Å²) in [6, 6.07) is 10.9. The number of aliphatic carboxylic acids is 2. The standard InChI is InChI=1S/C27H22O12/c28-17-5-4-16(19(30)13-17)12-24(27(36)37)39-25(33)8-3-14-2-7-22(21(32)9-14)38-23(26(34)35)11-15-1-6-18(29)20(31)10-15/h1-11,13,24,28-32H,12H2,(H,34,35)(H,36,37). The molecule has 0 bridgehead atoms. The topological polar surface area (TPSA) is 211 Å². The minimum Gasteiger partial charge on any atom is -0.508 e. The van der Waals surface area contributed by atoms with E-state index in [-0.39, 0.29) is 40.4 Å². The number of carbonyl (C=O) groups excluding carboxylic acids is 1. The van der Waals surface area contributed by atoms with E-state index in [0.717, 1.165) is 36.4 Å². The van der Waals surface area contributed by atoms with Crippen molar-refractivity contribution in [3.63, 3.8) is 0 Å². The molecule has 202 valence electrons. The predicted octanol–water partition coefficient (Wildman–Crippen LogP) is 2.97. The van der Waals surface area contributed by atoms with Gasteiger partial charge in [0.15, 0.2) is 23.0 Å². The summed E-state index contributed by atoms with van der Waals surface area (Å²) in [5.41, 5.74) is 0.583. The average molecular weight is 538 g/mol. The molecule has 0 saturated carbocycles. The molecule has 0 aliphatic heterocycles. The van der Waals surface area contributed by atoms with Gasteiger partial charge in [-0.25, -0.2) is 14.4 Å². The second-order valence-corrected chi connectivity index (χ2v) is 8.01. The summed E-state index contributed by atoms with van der Waals surface area (Å²) >= 11 is 0. The van der Waals surface area contributed by atoms with Gasteiger partial charge in [-0.1, -0.05) is 18.2 Å². The molecule has 0 fully saturated rings. The van der Waals surface area contributed by atoms with Gasteiger partial charge in [0.1, 0.15) is 11.5 Å². The Labute approximate surface area is 220 Å². The third-order valence-corrected chi connectivity index (χ3v) is 5.13. The predicted molar refractivity (Wildman–Crippen MR) is 134 cm³/mol. The molecule has 0 aliphatic carbocycles. The Morgan fingerprint density at radius 1 is 0.769 bits per heavy atom. The van der Waals surface area contributed by atoms with E-state index < -0.39 is 47.0 Å². The van der Waals surface area contributed by atoms with Crippen molar-refractivity contribution in [1.29, 1.82) is 0 Å². The van der Waals surface area contributed by atoms with Gasteiger partial charge in [0, 0.05) is 18.6 Å². The number of hydrogen-bond acceptors (Lipinski definition) is 10. The normalized spacial score (nSPS) is 12.2. The quantitative estimate of drug-likeness (QED) is 0.0859. The molecule has 0 radical (unpaired) electrons. The number of carbonyl (C=O) groups is 3. The van der Waals surface area contributed by atoms with Crippen molar-refractivity contribution in [3.8, 4) is 34.5 Å². The van der Waals surface area contributed by atoms with Crippen LogP contribution in [0.25, 0.3) is 12.2 Å². The minimum absolute atomic E-state index is 0.134. The Balaban J connectivity index is 1.70. The van der Waals surface area contributed by atoms with Crippen LogP contribution in [0.1, 0.15) is 16.7 Å². The Hall–Kier alpha value is -5.65. The second kappa shape index (κ2) is 12.1. The number of phenols is 5. The van der Waals surface area contributed by atoms with Gasteiger partial charge in [0.2, 0.25) is 11.9 Å². The third kappa shape index (κ3) is 7.67. The van der Waals surface area contributed by atoms with Crippen molar-refractivity contribution in [2.45, 2.75) is 12.5 Å². The van der Waals surface area contributed by atoms with Crippen molar-refractivity contribution in [3.05, 3.63) is 83.1 Å². The lowest BCUT2D eigenvalue weighted by Gasteiger charge is -2.13. The van der Waals surface area contributed by atoms with E-state index in [1.54, 1.807) is 0 Å². The molecule has 0 spiro atoms. The first-order valence-corrected chi connectivity index (χ1v) is 11.0. The van der Waals surface area contributed by atoms with Crippen LogP contribution in [0.5, 0.6) is 34.5 Å². The number of carboxylic acid groups (broad SMARTS) is 2. The van der Waals surface area contributed by atoms with E-state index in [1.165, 1.54) is 36.4 Å². The Bertz CT molecular complexity index is 1470. The van der Waals surface area contributed by atoms with E-state index in [4.69, 9.17) is 9.47 Å². The van der Waals surface area contributed by atoms with E-state index >= 15 is 0 Å². The summed E-state index contributed by atoms with van der Waals surface area (Å²) < 4.78 is 10.2. The van der Waals surface area contributed by atoms with Crippen molar-refractivity contribution in [2.24, 2.45) is 0 Å². The molecule has 0 saturated heterocycles. The highest BCUT2D eigenvalue weighted by Gasteiger charge is 2.23. The van der Waals surface area contributed by atoms with Crippen LogP contribution in [0.2, 0.25) is 0 Å². The molecule has 0 aromatic heterocycles. The van der Waals surface area contributed by atoms with Crippen LogP contribution < -0.4 is 4.74 Å². The molecule has 12 heteroatoms. The third-order valence-electron chi connectivity index (χ3n) is 5.13. The van der Waals surface area contributed by atoms with Crippen molar-refractivity contribution in [2.75, 3.05) is 0 Å². The number of benzene rings is 3. The summed E-state index contributed by atoms with van der Waals surface area (Å²) in [4.78, 5) is 35.3. The molecule has 1 unspecified atom stereocenters. The average Bonchev–Trinajstić information content (AvgIpc) is 2.86. The zero-order chi connectivity index (χ0) is 28.7. The molecule has 39 heavy (non-hydrogen) atoms. The van der Waals surface area contributed by atoms with Gasteiger partial charge in [-0.15, -0.1) is 0 Å². The zero-order valence-electron chi connectivity index (χ0n) is 19.9. The van der Waals surface area contributed by atoms with Gasteiger partial charge in [0.05, 0.1) is 0 Å². The van der Waals surface area contributed by atoms with E-state index in [2.05, 4.69) is 0 Å². The van der Waals surface area contributed by atoms with E-state index in [0.29, 0.717) is 0 Å². The SMILES string of the molecule is O=C(C=Cc1ccc(OC(=Cc2ccc(O)c(O)c2)C(=O)O)c(O)c1)OC(Cc1ccc(O)cc1O)C(=O)O. The Morgan fingerprint density at radius 2 is 1.46 bits per heavy atom. The maximum Gasteiger partial charge on any atom is 0.371 e. The molecule has 3 aromatic carbocycles. The highest BCUT2D eigenvalue weighted by atomic mass is 16.6. The van der Waals surface area contributed by atoms with Crippen LogP contribution in [-0.4, -0.2) is 59.8 Å². The molecule has 7 N–H and O–H groups in total. The zero-order valence-corrected chi connectivity index (χ0v) is 19.9. The maximum absolute atomic E-state index is 12.2. The number of phenolic OH excluding ortho intramolecular Hbond substituents is 5. The molecular weight excluding hydrogens is 516 g/mol. The fraction of sp³-hybridized carbons (Fsp3) is 0.0741. The summed E-state index contributed by atoms with van der Waals surface area (Å²) in [5, 5.41) is 67.2. The lowest BCUT2D eigenvalue weighted by Crippen LogP contribution is -2.28. The monoisotopic (exact) mass is 538 g/mol. The van der Waals surface area contributed by atoms with Crippen LogP contribution in [0.4, 0.5) is 0 Å². The lowest BCUT2D eigenvalue weighted by atomic mass is 10.1. The molecule has 3 aromatic rings. The number of esters is 1. The first kappa shape index (κ1) is 27.9. The van der Waals surface area contributed by atoms with Crippen LogP contribution in [0, 0.1) is 0 Å². The first-order valence-electron chi connectivity index (χ1n) is 11.0. The first-order chi connectivity index (χ1) is 18.4. The Kier molecular flexibility index (Phi) is 8.64. The van der Waals surface area contributed by atoms with E-state index in [9.17, 15) is 50.1 Å². The van der Waals surface area contributed by atoms with Crippen LogP contribution in [0.15, 0.2) is 66.4 Å². The van der Waals surface area contributed by atoms with Crippen LogP contribution in [0.3, 0.4) is 0 Å². The highest BCUT2D eigenvalue weighted by Crippen LogP contribution is 2.31. The molecule has 0 heterocycles. The summed E-state index contributed by atoms with van der Waals surface area (Å²) in [5.74, 6) is -6.79. The van der Waals surface area contributed by atoms with Gasteiger partial charge in [-0.2, -0.15) is 0 Å². The number of rotatable bonds is 10. The number of ether oxygens (including phenoxy) is 2. The van der Waals surface area contributed by atoms with Gasteiger partial charge in [-0.3, -0.25) is 0 Å². The molecule has 12 nitrogen and oxygen atoms in total. The summed E-state index contributed by atoms with van der Waals surface area (Å²) in [7, 11) is 0. The minimum atomic E-state index is -1.64. The maximum atomic E-state index is 12.2. The molecule has 0 aliphatic rings. The van der Waals surface area contributed by atoms with Crippen LogP contribution >= 0.6 is 0 Å². The van der Waals surface area contributed by atoms with Gasteiger partial charge in [-0.05, 0) is 59.2 Å². The van der Waals surface area contributed by atoms with Gasteiger partial charge >= 0.3 is 17.9 Å². The fourth-order valence-electron chi connectivity index (χ4n) is 3.21. The largest absolute Gasteiger partial charge is 0.508 e. The smallest absolute Gasteiger partial charge is 0.371 e. The van der Waals surface area contributed by atoms with Gasteiger partial charge in [0.25, 0.3) is 0 Å². The Morgan fingerprint density at radius 3 is 2.08 bits per heavy atom. The summed E-state index contributed by atoms with van der Waals surface area (Å²) in [6.45, 7) is 0. The molecule has 0 amide bonds. The van der Waals surface area contributed by atoms with Crippen molar-refractivity contribution >= 4 is 30.1 Å². The molecular formula is C27H22O12. The second-order valence-electron chi connectivity index (χ2n) is 8.01. The van der Waals surface area contributed by atoms with Crippen molar-refractivity contribution < 1.29 is 59.6 Å².